The normalized spacial score (nSPS) is 23.1. The minimum Gasteiger partial charge on any atom is -0.383 e. The molecule has 2 aliphatic rings. The minimum atomic E-state index is -0.240. The van der Waals surface area contributed by atoms with E-state index in [1.54, 1.807) is 0 Å². The van der Waals surface area contributed by atoms with Crippen LogP contribution in [0.2, 0.25) is 0 Å². The van der Waals surface area contributed by atoms with Crippen LogP contribution in [0.1, 0.15) is 19.3 Å². The molecule has 0 unspecified atom stereocenters. The molecule has 4 nitrogen and oxygen atoms in total. The Balaban J connectivity index is 1.88. The van der Waals surface area contributed by atoms with Crippen LogP contribution in [0.5, 0.6) is 0 Å². The summed E-state index contributed by atoms with van der Waals surface area (Å²) >= 11 is 0. The van der Waals surface area contributed by atoms with Gasteiger partial charge in [-0.1, -0.05) is 12.1 Å². The summed E-state index contributed by atoms with van der Waals surface area (Å²) in [7, 11) is 0. The maximum atomic E-state index is 12.5. The van der Waals surface area contributed by atoms with E-state index in [-0.39, 0.29) is 12.0 Å². The maximum Gasteiger partial charge on any atom is 0.256 e. The first kappa shape index (κ1) is 11.5. The summed E-state index contributed by atoms with van der Waals surface area (Å²) in [6.45, 7) is 2.39. The minimum absolute atomic E-state index is 0.114. The van der Waals surface area contributed by atoms with Gasteiger partial charge in [-0.15, -0.1) is 0 Å². The van der Waals surface area contributed by atoms with Gasteiger partial charge in [0, 0.05) is 19.7 Å². The topological polar surface area (TPSA) is 41.6 Å². The Bertz CT molecular complexity index is 441. The zero-order chi connectivity index (χ0) is 12.4. The number of carbonyl (C=O) groups is 1. The Hall–Kier alpha value is -1.55. The number of carbonyl (C=O) groups excluding carboxylic acids is 1. The van der Waals surface area contributed by atoms with Crippen molar-refractivity contribution in [1.82, 2.24) is 0 Å². The maximum absolute atomic E-state index is 12.5. The predicted molar refractivity (Wildman–Crippen MR) is 70.9 cm³/mol. The molecule has 4 heteroatoms. The van der Waals surface area contributed by atoms with Crippen molar-refractivity contribution in [3.8, 4) is 0 Å². The van der Waals surface area contributed by atoms with Gasteiger partial charge in [0.25, 0.3) is 5.91 Å². The van der Waals surface area contributed by atoms with Crippen LogP contribution in [0.15, 0.2) is 24.3 Å². The van der Waals surface area contributed by atoms with Crippen LogP contribution < -0.4 is 10.2 Å². The molecule has 3 rings (SSSR count). The molecule has 96 valence electrons. The number of para-hydroxylation sites is 2. The molecule has 0 radical (unpaired) electrons. The van der Waals surface area contributed by atoms with Crippen LogP contribution in [0, 0.1) is 0 Å². The Morgan fingerprint density at radius 2 is 2.22 bits per heavy atom. The number of nitrogens with zero attached hydrogens (tertiary/aromatic N) is 1. The van der Waals surface area contributed by atoms with E-state index >= 15 is 0 Å². The lowest BCUT2D eigenvalue weighted by atomic mass is 10.2. The number of amides is 1. The Morgan fingerprint density at radius 3 is 3.06 bits per heavy atom. The number of benzene rings is 1. The highest BCUT2D eigenvalue weighted by Gasteiger charge is 2.30. The molecule has 2 aliphatic heterocycles. The van der Waals surface area contributed by atoms with E-state index < -0.39 is 0 Å². The highest BCUT2D eigenvalue weighted by molar-refractivity contribution is 5.99. The molecule has 1 atom stereocenters. The Kier molecular flexibility index (Phi) is 3.19. The first-order valence-electron chi connectivity index (χ1n) is 6.62. The second-order valence-electron chi connectivity index (χ2n) is 4.79. The smallest absolute Gasteiger partial charge is 0.256 e. The van der Waals surface area contributed by atoms with E-state index in [1.165, 1.54) is 0 Å². The van der Waals surface area contributed by atoms with Crippen molar-refractivity contribution < 1.29 is 9.53 Å². The first-order chi connectivity index (χ1) is 8.86. The second kappa shape index (κ2) is 4.98. The van der Waals surface area contributed by atoms with Crippen LogP contribution in [-0.2, 0) is 9.53 Å². The van der Waals surface area contributed by atoms with Crippen LogP contribution in [-0.4, -0.2) is 31.7 Å². The number of anilines is 2. The number of ether oxygens (including phenoxy) is 1. The molecule has 1 fully saturated rings. The van der Waals surface area contributed by atoms with Gasteiger partial charge in [-0.2, -0.15) is 0 Å². The van der Waals surface area contributed by atoms with Gasteiger partial charge < -0.3 is 15.0 Å². The van der Waals surface area contributed by atoms with Crippen LogP contribution in [0.4, 0.5) is 11.4 Å². The summed E-state index contributed by atoms with van der Waals surface area (Å²) in [5, 5.41) is 3.37. The van der Waals surface area contributed by atoms with Gasteiger partial charge in [0.15, 0.2) is 0 Å². The summed E-state index contributed by atoms with van der Waals surface area (Å²) < 4.78 is 5.51. The Labute approximate surface area is 107 Å². The van der Waals surface area contributed by atoms with E-state index in [1.807, 2.05) is 29.2 Å². The first-order valence-corrected chi connectivity index (χ1v) is 6.62. The fourth-order valence-corrected chi connectivity index (χ4v) is 2.61. The summed E-state index contributed by atoms with van der Waals surface area (Å²) in [6, 6.07) is 7.99. The number of fused-ring (bicyclic) bond motifs is 1. The molecule has 0 saturated carbocycles. The van der Waals surface area contributed by atoms with Crippen molar-refractivity contribution in [2.45, 2.75) is 25.4 Å². The van der Waals surface area contributed by atoms with Gasteiger partial charge in [-0.3, -0.25) is 4.79 Å². The van der Waals surface area contributed by atoms with E-state index in [9.17, 15) is 4.79 Å². The largest absolute Gasteiger partial charge is 0.383 e. The molecule has 1 aromatic rings. The van der Waals surface area contributed by atoms with Gasteiger partial charge in [0.05, 0.1) is 11.4 Å². The summed E-state index contributed by atoms with van der Waals surface area (Å²) in [4.78, 5) is 14.4. The lowest BCUT2D eigenvalue weighted by Gasteiger charge is -2.24. The summed E-state index contributed by atoms with van der Waals surface area (Å²) in [6.07, 6.45) is 2.57. The average Bonchev–Trinajstić information content (AvgIpc) is 2.85. The van der Waals surface area contributed by atoms with Crippen molar-refractivity contribution in [3.05, 3.63) is 24.3 Å². The molecular weight excluding hydrogens is 228 g/mol. The molecule has 1 aromatic carbocycles. The number of hydrogen-bond donors (Lipinski definition) is 1. The third-order valence-electron chi connectivity index (χ3n) is 3.54. The lowest BCUT2D eigenvalue weighted by molar-refractivity contribution is -0.127. The van der Waals surface area contributed by atoms with Gasteiger partial charge in [0.2, 0.25) is 0 Å². The van der Waals surface area contributed by atoms with E-state index in [0.29, 0.717) is 6.61 Å². The average molecular weight is 246 g/mol. The molecule has 0 spiro atoms. The lowest BCUT2D eigenvalue weighted by Crippen LogP contribution is -2.39. The number of hydrogen-bond acceptors (Lipinski definition) is 3. The fourth-order valence-electron chi connectivity index (χ4n) is 2.61. The van der Waals surface area contributed by atoms with E-state index in [0.717, 1.165) is 43.7 Å². The molecule has 0 bridgehead atoms. The van der Waals surface area contributed by atoms with Gasteiger partial charge >= 0.3 is 0 Å². The fraction of sp³-hybridized carbons (Fsp3) is 0.500. The molecule has 1 N–H and O–H groups in total. The van der Waals surface area contributed by atoms with Gasteiger partial charge in [-0.25, -0.2) is 0 Å². The van der Waals surface area contributed by atoms with Crippen LogP contribution >= 0.6 is 0 Å². The highest BCUT2D eigenvalue weighted by Crippen LogP contribution is 2.29. The van der Waals surface area contributed by atoms with Gasteiger partial charge in [0.1, 0.15) is 6.10 Å². The standard InChI is InChI=1S/C14H18N2O2/c17-14(13-7-3-10-18-13)16-9-4-8-15-11-5-1-2-6-12(11)16/h1-2,5-6,13,15H,3-4,7-10H2/t13-/m0/s1. The Morgan fingerprint density at radius 1 is 1.33 bits per heavy atom. The SMILES string of the molecule is O=C([C@@H]1CCCO1)N1CCCNc2ccccc21. The quantitative estimate of drug-likeness (QED) is 0.824. The zero-order valence-electron chi connectivity index (χ0n) is 10.4. The number of rotatable bonds is 1. The highest BCUT2D eigenvalue weighted by atomic mass is 16.5. The molecule has 0 aliphatic carbocycles. The third kappa shape index (κ3) is 2.08. The van der Waals surface area contributed by atoms with E-state index in [2.05, 4.69) is 5.32 Å². The number of nitrogens with one attached hydrogen (secondary N) is 1. The molecule has 2 heterocycles. The predicted octanol–water partition coefficient (Wildman–Crippen LogP) is 2.01. The second-order valence-corrected chi connectivity index (χ2v) is 4.79. The molecule has 1 amide bonds. The zero-order valence-corrected chi connectivity index (χ0v) is 10.4. The molecular formula is C14H18N2O2. The van der Waals surface area contributed by atoms with Crippen LogP contribution in [0.3, 0.4) is 0 Å². The van der Waals surface area contributed by atoms with Gasteiger partial charge in [-0.05, 0) is 31.4 Å². The monoisotopic (exact) mass is 246 g/mol. The van der Waals surface area contributed by atoms with Crippen molar-refractivity contribution >= 4 is 17.3 Å². The van der Waals surface area contributed by atoms with Crippen molar-refractivity contribution in [2.24, 2.45) is 0 Å². The summed E-state index contributed by atoms with van der Waals surface area (Å²) in [5.41, 5.74) is 2.02. The molecule has 0 aromatic heterocycles. The van der Waals surface area contributed by atoms with Crippen molar-refractivity contribution in [2.75, 3.05) is 29.9 Å². The third-order valence-corrected chi connectivity index (χ3v) is 3.54. The van der Waals surface area contributed by atoms with Crippen molar-refractivity contribution in [1.29, 1.82) is 0 Å². The van der Waals surface area contributed by atoms with E-state index in [4.69, 9.17) is 4.74 Å². The summed E-state index contributed by atoms with van der Waals surface area (Å²) in [5.74, 6) is 0.114. The molecule has 18 heavy (non-hydrogen) atoms. The molecule has 1 saturated heterocycles. The van der Waals surface area contributed by atoms with Crippen LogP contribution in [0.25, 0.3) is 0 Å². The van der Waals surface area contributed by atoms with Crippen molar-refractivity contribution in [3.63, 3.8) is 0 Å².